The maximum absolute atomic E-state index is 12.5. The van der Waals surface area contributed by atoms with E-state index >= 15 is 0 Å². The lowest BCUT2D eigenvalue weighted by Gasteiger charge is -2.38. The van der Waals surface area contributed by atoms with Crippen LogP contribution in [-0.2, 0) is 4.79 Å². The largest absolute Gasteiger partial charge is 0.465 e. The third-order valence-corrected chi connectivity index (χ3v) is 5.41. The molecule has 0 aliphatic carbocycles. The summed E-state index contributed by atoms with van der Waals surface area (Å²) in [7, 11) is 0. The van der Waals surface area contributed by atoms with Gasteiger partial charge in [-0.25, -0.2) is 9.78 Å². The fraction of sp³-hybridized carbons (Fsp3) is 0.353. The molecule has 0 bridgehead atoms. The minimum absolute atomic E-state index is 0.0661. The Morgan fingerprint density at radius 1 is 1.28 bits per heavy atom. The van der Waals surface area contributed by atoms with Gasteiger partial charge in [0.25, 0.3) is 0 Å². The van der Waals surface area contributed by atoms with Crippen molar-refractivity contribution >= 4 is 27.9 Å². The molecule has 0 spiro atoms. The summed E-state index contributed by atoms with van der Waals surface area (Å²) >= 11 is 3.42. The Labute approximate surface area is 152 Å². The maximum Gasteiger partial charge on any atom is 0.407 e. The maximum atomic E-state index is 12.5. The second kappa shape index (κ2) is 6.18. The standard InChI is InChI=1S/C17H17BrN4O3/c18-11-3-1-10(2-4-11)13-7-19-16(20-13)14-6-5-12-8-21(17(24)25)9-15(23)22(12)14/h1-4,7,12,14H,5-6,8-9H2,(H,19,20)(H,24,25). The van der Waals surface area contributed by atoms with Crippen molar-refractivity contribution in [2.24, 2.45) is 0 Å². The van der Waals surface area contributed by atoms with E-state index < -0.39 is 6.09 Å². The number of piperazine rings is 1. The number of nitrogens with one attached hydrogen (secondary N) is 1. The molecule has 2 saturated heterocycles. The van der Waals surface area contributed by atoms with E-state index in [1.165, 1.54) is 4.90 Å². The molecule has 2 N–H and O–H groups in total. The molecule has 2 amide bonds. The Bertz CT molecular complexity index is 820. The zero-order valence-electron chi connectivity index (χ0n) is 13.4. The molecule has 3 heterocycles. The summed E-state index contributed by atoms with van der Waals surface area (Å²) in [6.07, 6.45) is 2.32. The molecule has 2 fully saturated rings. The van der Waals surface area contributed by atoms with E-state index in [-0.39, 0.29) is 24.5 Å². The first-order valence-corrected chi connectivity index (χ1v) is 8.92. The van der Waals surface area contributed by atoms with Gasteiger partial charge in [0, 0.05) is 11.0 Å². The molecule has 2 aliphatic heterocycles. The number of aromatic nitrogens is 2. The summed E-state index contributed by atoms with van der Waals surface area (Å²) in [6.45, 7) is 0.292. The Morgan fingerprint density at radius 2 is 2.04 bits per heavy atom. The molecule has 1 aromatic heterocycles. The highest BCUT2D eigenvalue weighted by molar-refractivity contribution is 9.10. The summed E-state index contributed by atoms with van der Waals surface area (Å²) in [5.41, 5.74) is 1.93. The first-order valence-electron chi connectivity index (χ1n) is 8.13. The number of H-pyrrole nitrogens is 1. The van der Waals surface area contributed by atoms with Crippen molar-refractivity contribution in [2.75, 3.05) is 13.1 Å². The van der Waals surface area contributed by atoms with Crippen LogP contribution in [0.1, 0.15) is 24.7 Å². The van der Waals surface area contributed by atoms with Crippen LogP contribution in [0, 0.1) is 0 Å². The number of rotatable bonds is 2. The number of carboxylic acid groups (broad SMARTS) is 1. The molecular weight excluding hydrogens is 388 g/mol. The van der Waals surface area contributed by atoms with E-state index in [0.29, 0.717) is 6.54 Å². The molecular formula is C17H17BrN4O3. The van der Waals surface area contributed by atoms with Gasteiger partial charge in [-0.3, -0.25) is 9.69 Å². The topological polar surface area (TPSA) is 89.5 Å². The van der Waals surface area contributed by atoms with Gasteiger partial charge >= 0.3 is 6.09 Å². The summed E-state index contributed by atoms with van der Waals surface area (Å²) in [4.78, 5) is 34.4. The van der Waals surface area contributed by atoms with Crippen LogP contribution in [0.2, 0.25) is 0 Å². The molecule has 2 atom stereocenters. The van der Waals surface area contributed by atoms with Gasteiger partial charge in [-0.1, -0.05) is 28.1 Å². The van der Waals surface area contributed by atoms with Crippen molar-refractivity contribution in [1.82, 2.24) is 19.8 Å². The predicted molar refractivity (Wildman–Crippen MR) is 93.9 cm³/mol. The molecule has 8 heteroatoms. The number of halogens is 1. The number of carbonyl (C=O) groups is 2. The lowest BCUT2D eigenvalue weighted by Crippen LogP contribution is -2.55. The number of hydrogen-bond donors (Lipinski definition) is 2. The van der Waals surface area contributed by atoms with E-state index in [0.717, 1.165) is 34.4 Å². The molecule has 130 valence electrons. The number of carbonyl (C=O) groups excluding carboxylic acids is 1. The van der Waals surface area contributed by atoms with E-state index in [1.807, 2.05) is 29.2 Å². The van der Waals surface area contributed by atoms with Crippen LogP contribution >= 0.6 is 15.9 Å². The number of hydrogen-bond acceptors (Lipinski definition) is 3. The van der Waals surface area contributed by atoms with Crippen molar-refractivity contribution in [3.63, 3.8) is 0 Å². The van der Waals surface area contributed by atoms with E-state index in [4.69, 9.17) is 5.11 Å². The first-order chi connectivity index (χ1) is 12.0. The van der Waals surface area contributed by atoms with Crippen LogP contribution in [0.25, 0.3) is 11.3 Å². The van der Waals surface area contributed by atoms with E-state index in [1.54, 1.807) is 6.20 Å². The van der Waals surface area contributed by atoms with Gasteiger partial charge in [0.1, 0.15) is 12.4 Å². The lowest BCUT2D eigenvalue weighted by molar-refractivity contribution is -0.139. The normalized spacial score (nSPS) is 23.0. The van der Waals surface area contributed by atoms with Crippen LogP contribution in [0.5, 0.6) is 0 Å². The highest BCUT2D eigenvalue weighted by Gasteiger charge is 2.44. The monoisotopic (exact) mass is 404 g/mol. The Kier molecular flexibility index (Phi) is 3.99. The highest BCUT2D eigenvalue weighted by atomic mass is 79.9. The number of nitrogens with zero attached hydrogens (tertiary/aromatic N) is 3. The fourth-order valence-electron chi connectivity index (χ4n) is 3.70. The Morgan fingerprint density at radius 3 is 2.76 bits per heavy atom. The third kappa shape index (κ3) is 2.90. The van der Waals surface area contributed by atoms with Gasteiger partial charge in [0.2, 0.25) is 5.91 Å². The number of fused-ring (bicyclic) bond motifs is 1. The van der Waals surface area contributed by atoms with Gasteiger partial charge in [0.05, 0.1) is 24.0 Å². The minimum Gasteiger partial charge on any atom is -0.465 e. The summed E-state index contributed by atoms with van der Waals surface area (Å²) in [5, 5.41) is 9.14. The molecule has 7 nitrogen and oxygen atoms in total. The second-order valence-electron chi connectivity index (χ2n) is 6.40. The molecule has 1 aromatic carbocycles. The first kappa shape index (κ1) is 16.1. The van der Waals surface area contributed by atoms with Crippen LogP contribution in [0.3, 0.4) is 0 Å². The van der Waals surface area contributed by atoms with Crippen molar-refractivity contribution in [3.05, 3.63) is 40.8 Å². The molecule has 0 radical (unpaired) electrons. The third-order valence-electron chi connectivity index (χ3n) is 4.88. The van der Waals surface area contributed by atoms with E-state index in [9.17, 15) is 9.59 Å². The molecule has 4 rings (SSSR count). The average molecular weight is 405 g/mol. The molecule has 2 aliphatic rings. The molecule has 2 unspecified atom stereocenters. The predicted octanol–water partition coefficient (Wildman–Crippen LogP) is 2.86. The lowest BCUT2D eigenvalue weighted by atomic mass is 10.1. The second-order valence-corrected chi connectivity index (χ2v) is 7.32. The molecule has 25 heavy (non-hydrogen) atoms. The van der Waals surface area contributed by atoms with Gasteiger partial charge in [-0.15, -0.1) is 0 Å². The van der Waals surface area contributed by atoms with Crippen molar-refractivity contribution < 1.29 is 14.7 Å². The van der Waals surface area contributed by atoms with Gasteiger partial charge in [0.15, 0.2) is 0 Å². The zero-order chi connectivity index (χ0) is 17.6. The Hall–Kier alpha value is -2.35. The minimum atomic E-state index is -1.04. The summed E-state index contributed by atoms with van der Waals surface area (Å²) in [5.74, 6) is 0.611. The van der Waals surface area contributed by atoms with Crippen molar-refractivity contribution in [1.29, 1.82) is 0 Å². The van der Waals surface area contributed by atoms with Crippen LogP contribution < -0.4 is 0 Å². The van der Waals surface area contributed by atoms with Crippen LogP contribution in [0.4, 0.5) is 4.79 Å². The van der Waals surface area contributed by atoms with Crippen LogP contribution in [0.15, 0.2) is 34.9 Å². The van der Waals surface area contributed by atoms with Crippen molar-refractivity contribution in [3.8, 4) is 11.3 Å². The fourth-order valence-corrected chi connectivity index (χ4v) is 3.96. The number of aromatic amines is 1. The van der Waals surface area contributed by atoms with E-state index in [2.05, 4.69) is 25.9 Å². The number of amides is 2. The Balaban J connectivity index is 1.56. The smallest absolute Gasteiger partial charge is 0.407 e. The highest BCUT2D eigenvalue weighted by Crippen LogP contribution is 2.37. The molecule has 2 aromatic rings. The van der Waals surface area contributed by atoms with Gasteiger partial charge in [-0.05, 0) is 30.5 Å². The van der Waals surface area contributed by atoms with Gasteiger partial charge < -0.3 is 15.0 Å². The van der Waals surface area contributed by atoms with Gasteiger partial charge in [-0.2, -0.15) is 0 Å². The quantitative estimate of drug-likeness (QED) is 0.804. The van der Waals surface area contributed by atoms with Crippen molar-refractivity contribution in [2.45, 2.75) is 24.9 Å². The SMILES string of the molecule is O=C(O)N1CC(=O)N2C(CCC2c2ncc(-c3ccc(Br)cc3)[nH]2)C1. The number of benzene rings is 1. The number of imidazole rings is 1. The summed E-state index contributed by atoms with van der Waals surface area (Å²) < 4.78 is 1.01. The average Bonchev–Trinajstić information content (AvgIpc) is 3.22. The molecule has 0 saturated carbocycles. The zero-order valence-corrected chi connectivity index (χ0v) is 14.9. The summed E-state index contributed by atoms with van der Waals surface area (Å²) in [6, 6.07) is 7.75. The van der Waals surface area contributed by atoms with Crippen LogP contribution in [-0.4, -0.2) is 56.0 Å².